The lowest BCUT2D eigenvalue weighted by Crippen LogP contribution is -2.00. The normalized spacial score (nSPS) is 10.4. The number of pyridine rings is 1. The van der Waals surface area contributed by atoms with Crippen molar-refractivity contribution in [3.05, 3.63) is 29.2 Å². The summed E-state index contributed by atoms with van der Waals surface area (Å²) in [6.07, 6.45) is 1.40. The average molecular weight is 210 g/mol. The van der Waals surface area contributed by atoms with Crippen LogP contribution < -0.4 is 0 Å². The molecule has 0 radical (unpaired) electrons. The Morgan fingerprint density at radius 1 is 1.36 bits per heavy atom. The number of aromatic carboxylic acids is 1. The number of carboxylic acid groups (broad SMARTS) is 1. The number of nitrogens with zero attached hydrogens (tertiary/aromatic N) is 3. The average Bonchev–Trinajstić information content (AvgIpc) is 2.16. The highest BCUT2D eigenvalue weighted by Crippen LogP contribution is 2.14. The van der Waals surface area contributed by atoms with E-state index in [0.29, 0.717) is 10.9 Å². The van der Waals surface area contributed by atoms with Crippen LogP contribution in [-0.4, -0.2) is 26.3 Å². The van der Waals surface area contributed by atoms with Crippen molar-refractivity contribution in [2.75, 3.05) is 0 Å². The molecule has 0 aliphatic heterocycles. The topological polar surface area (TPSA) is 76.0 Å². The number of hydrogen-bond donors (Lipinski definition) is 1. The molecule has 2 heterocycles. The number of rotatable bonds is 1. The summed E-state index contributed by atoms with van der Waals surface area (Å²) in [7, 11) is 0. The van der Waals surface area contributed by atoms with Gasteiger partial charge in [0.25, 0.3) is 0 Å². The first-order chi connectivity index (χ1) is 6.66. The summed E-state index contributed by atoms with van der Waals surface area (Å²) in [6.45, 7) is 0. The van der Waals surface area contributed by atoms with E-state index in [1.165, 1.54) is 12.3 Å². The van der Waals surface area contributed by atoms with E-state index in [2.05, 4.69) is 15.2 Å². The Bertz CT molecular complexity index is 515. The zero-order valence-corrected chi connectivity index (χ0v) is 7.56. The van der Waals surface area contributed by atoms with E-state index >= 15 is 0 Å². The van der Waals surface area contributed by atoms with Gasteiger partial charge < -0.3 is 5.11 Å². The third kappa shape index (κ3) is 1.49. The number of aromatic nitrogens is 3. The fourth-order valence-corrected chi connectivity index (χ4v) is 1.18. The molecule has 5 nitrogen and oxygen atoms in total. The maximum absolute atomic E-state index is 10.6. The van der Waals surface area contributed by atoms with Crippen molar-refractivity contribution in [2.24, 2.45) is 0 Å². The van der Waals surface area contributed by atoms with Crippen LogP contribution in [-0.2, 0) is 0 Å². The molecule has 0 fully saturated rings. The van der Waals surface area contributed by atoms with Gasteiger partial charge in [-0.25, -0.2) is 9.78 Å². The SMILES string of the molecule is O=C(O)c1cc2nnc(Cl)cc2cn1. The fourth-order valence-electron chi connectivity index (χ4n) is 1.03. The standard InChI is InChI=1S/C8H4ClN3O2/c9-7-1-4-3-10-6(8(13)14)2-5(4)11-12-7/h1-3H,(H,13,14). The van der Waals surface area contributed by atoms with E-state index in [1.807, 2.05) is 0 Å². The van der Waals surface area contributed by atoms with E-state index in [4.69, 9.17) is 16.7 Å². The maximum atomic E-state index is 10.6. The largest absolute Gasteiger partial charge is 0.477 e. The van der Waals surface area contributed by atoms with Gasteiger partial charge in [-0.15, -0.1) is 10.2 Å². The van der Waals surface area contributed by atoms with Crippen LogP contribution in [0.3, 0.4) is 0 Å². The van der Waals surface area contributed by atoms with Crippen molar-refractivity contribution in [2.45, 2.75) is 0 Å². The van der Waals surface area contributed by atoms with Gasteiger partial charge >= 0.3 is 5.97 Å². The second-order valence-electron chi connectivity index (χ2n) is 2.60. The molecule has 1 N–H and O–H groups in total. The van der Waals surface area contributed by atoms with Gasteiger partial charge in [0, 0.05) is 11.6 Å². The predicted octanol–water partition coefficient (Wildman–Crippen LogP) is 1.38. The Morgan fingerprint density at radius 3 is 2.86 bits per heavy atom. The third-order valence-corrected chi connectivity index (χ3v) is 1.84. The highest BCUT2D eigenvalue weighted by atomic mass is 35.5. The van der Waals surface area contributed by atoms with Crippen LogP contribution in [0, 0.1) is 0 Å². The van der Waals surface area contributed by atoms with Crippen LogP contribution in [0.4, 0.5) is 0 Å². The van der Waals surface area contributed by atoms with Crippen LogP contribution in [0.1, 0.15) is 10.5 Å². The summed E-state index contributed by atoms with van der Waals surface area (Å²) in [6, 6.07) is 2.92. The summed E-state index contributed by atoms with van der Waals surface area (Å²) >= 11 is 5.60. The van der Waals surface area contributed by atoms with Gasteiger partial charge in [-0.05, 0) is 12.1 Å². The minimum atomic E-state index is -1.09. The van der Waals surface area contributed by atoms with Crippen molar-refractivity contribution < 1.29 is 9.90 Å². The molecular weight excluding hydrogens is 206 g/mol. The summed E-state index contributed by atoms with van der Waals surface area (Å²) in [5, 5.41) is 16.9. The molecular formula is C8H4ClN3O2. The molecule has 0 aliphatic rings. The highest BCUT2D eigenvalue weighted by molar-refractivity contribution is 6.29. The second kappa shape index (κ2) is 3.19. The molecule has 2 aromatic heterocycles. The molecule has 0 bridgehead atoms. The van der Waals surface area contributed by atoms with Gasteiger partial charge in [-0.3, -0.25) is 0 Å². The molecule has 2 rings (SSSR count). The zero-order valence-electron chi connectivity index (χ0n) is 6.81. The number of fused-ring (bicyclic) bond motifs is 1. The molecule has 0 spiro atoms. The van der Waals surface area contributed by atoms with Crippen molar-refractivity contribution in [1.29, 1.82) is 0 Å². The highest BCUT2D eigenvalue weighted by Gasteiger charge is 2.06. The molecule has 70 valence electrons. The lowest BCUT2D eigenvalue weighted by Gasteiger charge is -1.97. The minimum Gasteiger partial charge on any atom is -0.477 e. The number of carbonyl (C=O) groups is 1. The molecule has 0 aliphatic carbocycles. The summed E-state index contributed by atoms with van der Waals surface area (Å²) in [5.41, 5.74) is 0.399. The molecule has 0 saturated heterocycles. The van der Waals surface area contributed by atoms with Crippen molar-refractivity contribution in [3.8, 4) is 0 Å². The monoisotopic (exact) mass is 209 g/mol. The smallest absolute Gasteiger partial charge is 0.354 e. The molecule has 2 aromatic rings. The molecule has 0 aromatic carbocycles. The molecule has 0 unspecified atom stereocenters. The number of halogens is 1. The minimum absolute atomic E-state index is 0.0610. The van der Waals surface area contributed by atoms with Gasteiger partial charge in [-0.1, -0.05) is 11.6 Å². The lowest BCUT2D eigenvalue weighted by molar-refractivity contribution is 0.0690. The second-order valence-corrected chi connectivity index (χ2v) is 2.99. The van der Waals surface area contributed by atoms with Gasteiger partial charge in [0.15, 0.2) is 5.15 Å². The summed E-state index contributed by atoms with van der Waals surface area (Å²) in [5.74, 6) is -1.09. The molecule has 0 amide bonds. The molecule has 6 heteroatoms. The summed E-state index contributed by atoms with van der Waals surface area (Å²) in [4.78, 5) is 14.3. The van der Waals surface area contributed by atoms with E-state index in [1.54, 1.807) is 6.07 Å². The third-order valence-electron chi connectivity index (χ3n) is 1.66. The van der Waals surface area contributed by atoms with E-state index in [-0.39, 0.29) is 10.8 Å². The maximum Gasteiger partial charge on any atom is 0.354 e. The van der Waals surface area contributed by atoms with Crippen LogP contribution in [0.5, 0.6) is 0 Å². The molecule has 0 saturated carbocycles. The first-order valence-corrected chi connectivity index (χ1v) is 4.07. The Labute approximate surface area is 83.4 Å². The fraction of sp³-hybridized carbons (Fsp3) is 0. The van der Waals surface area contributed by atoms with Gasteiger partial charge in [0.2, 0.25) is 0 Å². The first-order valence-electron chi connectivity index (χ1n) is 3.69. The van der Waals surface area contributed by atoms with E-state index in [9.17, 15) is 4.79 Å². The zero-order chi connectivity index (χ0) is 10.1. The number of carboxylic acids is 1. The number of hydrogen-bond acceptors (Lipinski definition) is 4. The Kier molecular flexibility index (Phi) is 2.01. The molecule has 14 heavy (non-hydrogen) atoms. The van der Waals surface area contributed by atoms with Gasteiger partial charge in [0.05, 0.1) is 5.52 Å². The van der Waals surface area contributed by atoms with E-state index < -0.39 is 5.97 Å². The van der Waals surface area contributed by atoms with Crippen molar-refractivity contribution >= 4 is 28.5 Å². The van der Waals surface area contributed by atoms with Crippen molar-refractivity contribution in [1.82, 2.24) is 15.2 Å². The van der Waals surface area contributed by atoms with Crippen LogP contribution in [0.2, 0.25) is 5.15 Å². The van der Waals surface area contributed by atoms with Crippen molar-refractivity contribution in [3.63, 3.8) is 0 Å². The Balaban J connectivity index is 2.67. The van der Waals surface area contributed by atoms with Crippen LogP contribution in [0.25, 0.3) is 10.9 Å². The lowest BCUT2D eigenvalue weighted by atomic mass is 10.2. The van der Waals surface area contributed by atoms with Gasteiger partial charge in [-0.2, -0.15) is 0 Å². The van der Waals surface area contributed by atoms with Crippen LogP contribution in [0.15, 0.2) is 18.3 Å². The van der Waals surface area contributed by atoms with E-state index in [0.717, 1.165) is 0 Å². The summed E-state index contributed by atoms with van der Waals surface area (Å²) < 4.78 is 0. The quantitative estimate of drug-likeness (QED) is 0.768. The predicted molar refractivity (Wildman–Crippen MR) is 49.3 cm³/mol. The molecule has 0 atom stereocenters. The van der Waals surface area contributed by atoms with Gasteiger partial charge in [0.1, 0.15) is 5.69 Å². The first kappa shape index (κ1) is 8.83. The Morgan fingerprint density at radius 2 is 2.14 bits per heavy atom. The Hall–Kier alpha value is -1.75. The van der Waals surface area contributed by atoms with Crippen LogP contribution >= 0.6 is 11.6 Å².